The van der Waals surface area contributed by atoms with Crippen molar-refractivity contribution in [3.63, 3.8) is 0 Å². The molecule has 162 valence electrons. The maximum absolute atomic E-state index is 13.6. The monoisotopic (exact) mass is 408 g/mol. The molecule has 1 aliphatic heterocycles. The SMILES string of the molecule is CCNC(=NCCNC(=O)c1ccc(C)c(F)c1)N1CCC(COCCOC)C1. The Labute approximate surface area is 172 Å². The lowest BCUT2D eigenvalue weighted by Crippen LogP contribution is -2.41. The van der Waals surface area contributed by atoms with Crippen molar-refractivity contribution in [3.05, 3.63) is 35.1 Å². The third-order valence-corrected chi connectivity index (χ3v) is 4.80. The Balaban J connectivity index is 1.78. The minimum atomic E-state index is -0.375. The van der Waals surface area contributed by atoms with E-state index in [1.54, 1.807) is 26.2 Å². The van der Waals surface area contributed by atoms with Crippen LogP contribution < -0.4 is 10.6 Å². The van der Waals surface area contributed by atoms with Gasteiger partial charge in [-0.25, -0.2) is 4.39 Å². The quantitative estimate of drug-likeness (QED) is 0.351. The number of guanidine groups is 1. The van der Waals surface area contributed by atoms with E-state index < -0.39 is 0 Å². The molecule has 2 rings (SSSR count). The number of carbonyl (C=O) groups is 1. The number of likely N-dealkylation sites (tertiary alicyclic amines) is 1. The molecule has 1 atom stereocenters. The molecule has 0 spiro atoms. The lowest BCUT2D eigenvalue weighted by molar-refractivity contribution is 0.0536. The highest BCUT2D eigenvalue weighted by Crippen LogP contribution is 2.16. The summed E-state index contributed by atoms with van der Waals surface area (Å²) in [5.74, 6) is 0.660. The number of aryl methyl sites for hydroxylation is 1. The summed E-state index contributed by atoms with van der Waals surface area (Å²) in [6.07, 6.45) is 1.06. The third-order valence-electron chi connectivity index (χ3n) is 4.80. The molecule has 1 amide bonds. The van der Waals surface area contributed by atoms with Crippen molar-refractivity contribution < 1.29 is 18.7 Å². The molecule has 1 unspecified atom stereocenters. The lowest BCUT2D eigenvalue weighted by Gasteiger charge is -2.21. The van der Waals surface area contributed by atoms with Crippen molar-refractivity contribution in [1.29, 1.82) is 0 Å². The Kier molecular flexibility index (Phi) is 9.87. The largest absolute Gasteiger partial charge is 0.382 e. The van der Waals surface area contributed by atoms with Gasteiger partial charge < -0.3 is 25.0 Å². The zero-order valence-corrected chi connectivity index (χ0v) is 17.7. The van der Waals surface area contributed by atoms with E-state index >= 15 is 0 Å². The van der Waals surface area contributed by atoms with Crippen molar-refractivity contribution in [1.82, 2.24) is 15.5 Å². The molecule has 7 nitrogen and oxygen atoms in total. The number of hydrogen-bond donors (Lipinski definition) is 2. The third kappa shape index (κ3) is 7.62. The number of amides is 1. The van der Waals surface area contributed by atoms with Gasteiger partial charge in [-0.3, -0.25) is 9.79 Å². The molecule has 1 heterocycles. The lowest BCUT2D eigenvalue weighted by atomic mass is 10.1. The minimum Gasteiger partial charge on any atom is -0.382 e. The number of nitrogens with zero attached hydrogens (tertiary/aromatic N) is 2. The van der Waals surface area contributed by atoms with Gasteiger partial charge in [-0.05, 0) is 38.0 Å². The Morgan fingerprint density at radius 1 is 1.34 bits per heavy atom. The first-order chi connectivity index (χ1) is 14.0. The van der Waals surface area contributed by atoms with Crippen LogP contribution in [0.25, 0.3) is 0 Å². The van der Waals surface area contributed by atoms with Crippen LogP contribution in [0.4, 0.5) is 4.39 Å². The average molecular weight is 409 g/mol. The first-order valence-corrected chi connectivity index (χ1v) is 10.2. The van der Waals surface area contributed by atoms with Gasteiger partial charge in [0.15, 0.2) is 5.96 Å². The molecule has 0 radical (unpaired) electrons. The molecule has 0 saturated carbocycles. The van der Waals surface area contributed by atoms with Gasteiger partial charge in [0.25, 0.3) is 5.91 Å². The van der Waals surface area contributed by atoms with Gasteiger partial charge in [-0.1, -0.05) is 6.07 Å². The summed E-state index contributed by atoms with van der Waals surface area (Å²) in [6, 6.07) is 4.49. The van der Waals surface area contributed by atoms with E-state index in [9.17, 15) is 9.18 Å². The fourth-order valence-corrected chi connectivity index (χ4v) is 3.15. The van der Waals surface area contributed by atoms with Gasteiger partial charge in [0.2, 0.25) is 0 Å². The van der Waals surface area contributed by atoms with Crippen molar-refractivity contribution in [3.8, 4) is 0 Å². The zero-order valence-electron chi connectivity index (χ0n) is 17.7. The molecule has 8 heteroatoms. The molecule has 1 aromatic carbocycles. The number of carbonyl (C=O) groups excluding carboxylic acids is 1. The molecule has 2 N–H and O–H groups in total. The van der Waals surface area contributed by atoms with E-state index in [1.807, 2.05) is 6.92 Å². The molecular formula is C21H33FN4O3. The topological polar surface area (TPSA) is 75.2 Å². The predicted molar refractivity (Wildman–Crippen MR) is 112 cm³/mol. The number of nitrogens with one attached hydrogen (secondary N) is 2. The van der Waals surface area contributed by atoms with E-state index in [4.69, 9.17) is 9.47 Å². The fraction of sp³-hybridized carbons (Fsp3) is 0.619. The normalized spacial score (nSPS) is 16.9. The summed E-state index contributed by atoms with van der Waals surface area (Å²) in [6.45, 7) is 9.10. The van der Waals surface area contributed by atoms with Crippen LogP contribution in [0, 0.1) is 18.7 Å². The molecule has 0 aromatic heterocycles. The van der Waals surface area contributed by atoms with Gasteiger partial charge in [0, 0.05) is 44.8 Å². The van der Waals surface area contributed by atoms with Crippen LogP contribution in [0.1, 0.15) is 29.3 Å². The zero-order chi connectivity index (χ0) is 21.1. The molecule has 1 fully saturated rings. The van der Waals surface area contributed by atoms with E-state index in [0.717, 1.165) is 38.6 Å². The van der Waals surface area contributed by atoms with Crippen molar-refractivity contribution in [2.45, 2.75) is 20.3 Å². The summed E-state index contributed by atoms with van der Waals surface area (Å²) in [4.78, 5) is 19.0. The number of benzene rings is 1. The number of rotatable bonds is 10. The number of aliphatic imine (C=N–C) groups is 1. The van der Waals surface area contributed by atoms with Gasteiger partial charge in [-0.15, -0.1) is 0 Å². The maximum atomic E-state index is 13.6. The second-order valence-electron chi connectivity index (χ2n) is 7.12. The molecular weight excluding hydrogens is 375 g/mol. The van der Waals surface area contributed by atoms with Crippen LogP contribution >= 0.6 is 0 Å². The number of halogens is 1. The summed E-state index contributed by atoms with van der Waals surface area (Å²) < 4.78 is 24.2. The van der Waals surface area contributed by atoms with E-state index in [1.165, 1.54) is 6.07 Å². The molecule has 1 aliphatic rings. The van der Waals surface area contributed by atoms with Crippen LogP contribution in [0.3, 0.4) is 0 Å². The van der Waals surface area contributed by atoms with E-state index in [0.29, 0.717) is 43.3 Å². The molecule has 29 heavy (non-hydrogen) atoms. The second kappa shape index (κ2) is 12.4. The summed E-state index contributed by atoms with van der Waals surface area (Å²) in [7, 11) is 1.67. The van der Waals surface area contributed by atoms with E-state index in [-0.39, 0.29) is 11.7 Å². The molecule has 1 aromatic rings. The molecule has 0 aliphatic carbocycles. The van der Waals surface area contributed by atoms with Gasteiger partial charge in [-0.2, -0.15) is 0 Å². The first kappa shape index (κ1) is 23.1. The Morgan fingerprint density at radius 2 is 2.17 bits per heavy atom. The van der Waals surface area contributed by atoms with E-state index in [2.05, 4.69) is 20.5 Å². The highest BCUT2D eigenvalue weighted by Gasteiger charge is 2.24. The van der Waals surface area contributed by atoms with Crippen LogP contribution in [-0.4, -0.2) is 76.4 Å². The number of ether oxygens (including phenoxy) is 2. The smallest absolute Gasteiger partial charge is 0.251 e. The van der Waals surface area contributed by atoms with Gasteiger partial charge in [0.1, 0.15) is 5.82 Å². The second-order valence-corrected chi connectivity index (χ2v) is 7.12. The fourth-order valence-electron chi connectivity index (χ4n) is 3.15. The molecule has 0 bridgehead atoms. The van der Waals surface area contributed by atoms with Crippen LogP contribution in [0.5, 0.6) is 0 Å². The van der Waals surface area contributed by atoms with Crippen molar-refractivity contribution in [2.75, 3.05) is 59.7 Å². The van der Waals surface area contributed by atoms with Gasteiger partial charge in [0.05, 0.1) is 26.4 Å². The van der Waals surface area contributed by atoms with Crippen LogP contribution in [0.2, 0.25) is 0 Å². The van der Waals surface area contributed by atoms with Crippen molar-refractivity contribution >= 4 is 11.9 Å². The number of hydrogen-bond acceptors (Lipinski definition) is 4. The maximum Gasteiger partial charge on any atom is 0.251 e. The Morgan fingerprint density at radius 3 is 2.90 bits per heavy atom. The molecule has 1 saturated heterocycles. The van der Waals surface area contributed by atoms with Crippen LogP contribution in [-0.2, 0) is 9.47 Å². The van der Waals surface area contributed by atoms with Crippen LogP contribution in [0.15, 0.2) is 23.2 Å². The minimum absolute atomic E-state index is 0.293. The number of methoxy groups -OCH3 is 1. The summed E-state index contributed by atoms with van der Waals surface area (Å²) in [5, 5.41) is 6.10. The highest BCUT2D eigenvalue weighted by atomic mass is 19.1. The van der Waals surface area contributed by atoms with Crippen molar-refractivity contribution in [2.24, 2.45) is 10.9 Å². The predicted octanol–water partition coefficient (Wildman–Crippen LogP) is 1.81. The summed E-state index contributed by atoms with van der Waals surface area (Å²) in [5.41, 5.74) is 0.842. The standard InChI is InChI=1S/C21H33FN4O3/c1-4-23-21(26-10-7-17(14-26)15-29-12-11-28-3)25-9-8-24-20(27)18-6-5-16(2)19(22)13-18/h5-6,13,17H,4,7-12,14-15H2,1-3H3,(H,23,25)(H,24,27). The average Bonchev–Trinajstić information content (AvgIpc) is 3.18. The summed E-state index contributed by atoms with van der Waals surface area (Å²) >= 11 is 0. The Bertz CT molecular complexity index is 684. The first-order valence-electron chi connectivity index (χ1n) is 10.2. The van der Waals surface area contributed by atoms with Gasteiger partial charge >= 0.3 is 0 Å². The highest BCUT2D eigenvalue weighted by molar-refractivity contribution is 5.94. The Hall–Kier alpha value is -2.19.